The van der Waals surface area contributed by atoms with Crippen molar-refractivity contribution in [1.29, 1.82) is 0 Å². The zero-order valence-electron chi connectivity index (χ0n) is 24.1. The number of ether oxygens (including phenoxy) is 2. The van der Waals surface area contributed by atoms with E-state index >= 15 is 0 Å². The molecule has 39 heavy (non-hydrogen) atoms. The van der Waals surface area contributed by atoms with Crippen LogP contribution in [0.3, 0.4) is 0 Å². The van der Waals surface area contributed by atoms with Crippen LogP contribution in [0.1, 0.15) is 121 Å². The van der Waals surface area contributed by atoms with Crippen LogP contribution in [-0.2, 0) is 14.3 Å². The van der Waals surface area contributed by atoms with Crippen LogP contribution in [0.4, 0.5) is 0 Å². The van der Waals surface area contributed by atoms with Gasteiger partial charge in [0.15, 0.2) is 0 Å². The molecule has 1 heterocycles. The lowest BCUT2D eigenvalue weighted by atomic mass is 10.1. The molecule has 1 aromatic carbocycles. The quantitative estimate of drug-likeness (QED) is 0.125. The Hall–Kier alpha value is -2.09. The molecule has 1 aliphatic rings. The third kappa shape index (κ3) is 12.7. The fourth-order valence-corrected chi connectivity index (χ4v) is 5.27. The molecule has 7 nitrogen and oxygen atoms in total. The van der Waals surface area contributed by atoms with E-state index in [4.69, 9.17) is 9.47 Å². The van der Waals surface area contributed by atoms with Gasteiger partial charge in [0, 0.05) is 18.7 Å². The third-order valence-corrected chi connectivity index (χ3v) is 7.77. The zero-order chi connectivity index (χ0) is 28.3. The molecule has 0 radical (unpaired) electrons. The number of halogens is 1. The van der Waals surface area contributed by atoms with Crippen molar-refractivity contribution in [1.82, 2.24) is 10.2 Å². The Balaban J connectivity index is 1.77. The number of nitrogens with zero attached hydrogens (tertiary/aromatic N) is 1. The van der Waals surface area contributed by atoms with Crippen molar-refractivity contribution >= 4 is 33.7 Å². The molecule has 1 unspecified atom stereocenters. The fraction of sp³-hybridized carbons (Fsp3) is 0.710. The van der Waals surface area contributed by atoms with Crippen molar-refractivity contribution in [3.63, 3.8) is 0 Å². The van der Waals surface area contributed by atoms with Gasteiger partial charge in [0.05, 0.1) is 24.1 Å². The molecule has 2 rings (SSSR count). The lowest BCUT2D eigenvalue weighted by Crippen LogP contribution is -2.57. The summed E-state index contributed by atoms with van der Waals surface area (Å²) in [6, 6.07) is 4.33. The number of amides is 2. The van der Waals surface area contributed by atoms with Gasteiger partial charge in [-0.25, -0.2) is 0 Å². The minimum atomic E-state index is -0.875. The Labute approximate surface area is 243 Å². The molecule has 1 aliphatic heterocycles. The van der Waals surface area contributed by atoms with E-state index in [1.54, 1.807) is 18.2 Å². The number of unbranched alkanes of at least 4 members (excludes halogenated alkanes) is 12. The molecule has 1 N–H and O–H groups in total. The van der Waals surface area contributed by atoms with Crippen LogP contribution >= 0.6 is 15.9 Å². The third-order valence-electron chi connectivity index (χ3n) is 7.15. The normalized spacial score (nSPS) is 15.2. The Kier molecular flexibility index (Phi) is 16.9. The van der Waals surface area contributed by atoms with Gasteiger partial charge in [-0.05, 0) is 47.0 Å². The predicted octanol–water partition coefficient (Wildman–Crippen LogP) is 7.20. The van der Waals surface area contributed by atoms with E-state index in [1.165, 1.54) is 62.7 Å². The molecule has 8 heteroatoms. The summed E-state index contributed by atoms with van der Waals surface area (Å²) < 4.78 is 12.0. The number of hydrogen-bond acceptors (Lipinski definition) is 5. The largest absolute Gasteiger partial charge is 0.492 e. The number of esters is 1. The minimum absolute atomic E-state index is 0.143. The molecule has 0 bridgehead atoms. The molecule has 1 atom stereocenters. The zero-order valence-corrected chi connectivity index (χ0v) is 25.7. The van der Waals surface area contributed by atoms with E-state index in [-0.39, 0.29) is 18.2 Å². The minimum Gasteiger partial charge on any atom is -0.492 e. The molecule has 0 aromatic heterocycles. The van der Waals surface area contributed by atoms with Gasteiger partial charge in [0.25, 0.3) is 5.91 Å². The Morgan fingerprint density at radius 2 is 1.49 bits per heavy atom. The second-order valence-corrected chi connectivity index (χ2v) is 11.3. The highest BCUT2D eigenvalue weighted by Crippen LogP contribution is 2.27. The molecule has 1 saturated heterocycles. The highest BCUT2D eigenvalue weighted by atomic mass is 79.9. The van der Waals surface area contributed by atoms with E-state index in [0.717, 1.165) is 32.1 Å². The second-order valence-electron chi connectivity index (χ2n) is 10.5. The summed E-state index contributed by atoms with van der Waals surface area (Å²) in [5.74, 6) is -0.366. The first-order valence-electron chi connectivity index (χ1n) is 15.1. The summed E-state index contributed by atoms with van der Waals surface area (Å²) >= 11 is 3.51. The highest BCUT2D eigenvalue weighted by molar-refractivity contribution is 9.10. The number of piperazine rings is 1. The monoisotopic (exact) mass is 608 g/mol. The van der Waals surface area contributed by atoms with Gasteiger partial charge in [-0.2, -0.15) is 0 Å². The van der Waals surface area contributed by atoms with Gasteiger partial charge in [-0.1, -0.05) is 90.9 Å². The maximum Gasteiger partial charge on any atom is 0.308 e. The Morgan fingerprint density at radius 1 is 0.897 bits per heavy atom. The second kappa shape index (κ2) is 19.9. The molecular weight excluding hydrogens is 560 g/mol. The van der Waals surface area contributed by atoms with Gasteiger partial charge < -0.3 is 19.7 Å². The van der Waals surface area contributed by atoms with Crippen LogP contribution in [0.25, 0.3) is 0 Å². The van der Waals surface area contributed by atoms with Crippen LogP contribution in [0.15, 0.2) is 22.7 Å². The summed E-state index contributed by atoms with van der Waals surface area (Å²) in [5.41, 5.74) is 0.443. The van der Waals surface area contributed by atoms with E-state index in [1.807, 2.05) is 0 Å². The first-order chi connectivity index (χ1) is 19.0. The lowest BCUT2D eigenvalue weighted by molar-refractivity contribution is -0.147. The molecule has 1 aromatic rings. The average molecular weight is 610 g/mol. The van der Waals surface area contributed by atoms with Crippen molar-refractivity contribution in [3.05, 3.63) is 28.2 Å². The van der Waals surface area contributed by atoms with Crippen LogP contribution < -0.4 is 10.1 Å². The SMILES string of the molecule is CCCCCCCCCCCCOC(=O)CC1C(=O)NCCN1C(=O)c1ccc(OCCCCCC)c(Br)c1. The predicted molar refractivity (Wildman–Crippen MR) is 159 cm³/mol. The van der Waals surface area contributed by atoms with Gasteiger partial charge in [-0.3, -0.25) is 14.4 Å². The fourth-order valence-electron chi connectivity index (χ4n) is 4.78. The van der Waals surface area contributed by atoms with Crippen LogP contribution in [0.5, 0.6) is 5.75 Å². The number of hydrogen-bond donors (Lipinski definition) is 1. The summed E-state index contributed by atoms with van der Waals surface area (Å²) in [6.45, 7) is 6.08. The number of carbonyl (C=O) groups is 3. The van der Waals surface area contributed by atoms with Crippen molar-refractivity contribution < 1.29 is 23.9 Å². The van der Waals surface area contributed by atoms with Gasteiger partial charge in [0.1, 0.15) is 11.8 Å². The summed E-state index contributed by atoms with van der Waals surface area (Å²) in [7, 11) is 0. The first kappa shape index (κ1) is 33.1. The van der Waals surface area contributed by atoms with Gasteiger partial charge >= 0.3 is 5.97 Å². The number of benzene rings is 1. The summed E-state index contributed by atoms with van der Waals surface area (Å²) in [5, 5.41) is 2.77. The van der Waals surface area contributed by atoms with Crippen molar-refractivity contribution in [3.8, 4) is 5.75 Å². The van der Waals surface area contributed by atoms with Crippen LogP contribution in [-0.4, -0.2) is 55.0 Å². The van der Waals surface area contributed by atoms with Crippen molar-refractivity contribution in [2.75, 3.05) is 26.3 Å². The van der Waals surface area contributed by atoms with E-state index in [9.17, 15) is 14.4 Å². The maximum atomic E-state index is 13.3. The Bertz CT molecular complexity index is 879. The Morgan fingerprint density at radius 3 is 2.13 bits per heavy atom. The van der Waals surface area contributed by atoms with Crippen molar-refractivity contribution in [2.24, 2.45) is 0 Å². The smallest absolute Gasteiger partial charge is 0.308 e. The number of carbonyl (C=O) groups excluding carboxylic acids is 3. The van der Waals surface area contributed by atoms with Gasteiger partial charge in [0.2, 0.25) is 5.91 Å². The van der Waals surface area contributed by atoms with Crippen LogP contribution in [0, 0.1) is 0 Å². The molecule has 2 amide bonds. The first-order valence-corrected chi connectivity index (χ1v) is 15.9. The standard InChI is InChI=1S/C31H49BrN2O5/c1-3-5-7-9-10-11-12-13-14-16-22-39-29(35)24-27-30(36)33-19-20-34(27)31(37)25-17-18-28(26(32)23-25)38-21-15-8-6-4-2/h17-18,23,27H,3-16,19-22,24H2,1-2H3,(H,33,36). The van der Waals surface area contributed by atoms with Crippen molar-refractivity contribution in [2.45, 2.75) is 116 Å². The summed E-state index contributed by atoms with van der Waals surface area (Å²) in [4.78, 5) is 39.9. The molecule has 220 valence electrons. The maximum absolute atomic E-state index is 13.3. The topological polar surface area (TPSA) is 84.9 Å². The van der Waals surface area contributed by atoms with Crippen LogP contribution in [0.2, 0.25) is 0 Å². The molecule has 0 spiro atoms. The molecular formula is C31H49BrN2O5. The van der Waals surface area contributed by atoms with E-state index in [0.29, 0.717) is 42.1 Å². The van der Waals surface area contributed by atoms with E-state index < -0.39 is 12.0 Å². The highest BCUT2D eigenvalue weighted by Gasteiger charge is 2.35. The van der Waals surface area contributed by atoms with E-state index in [2.05, 4.69) is 35.1 Å². The lowest BCUT2D eigenvalue weighted by Gasteiger charge is -2.34. The molecule has 0 saturated carbocycles. The summed E-state index contributed by atoms with van der Waals surface area (Å²) in [6.07, 6.45) is 16.4. The molecule has 0 aliphatic carbocycles. The molecule has 1 fully saturated rings. The number of nitrogens with one attached hydrogen (secondary N) is 1. The number of rotatable bonds is 20. The van der Waals surface area contributed by atoms with Gasteiger partial charge in [-0.15, -0.1) is 0 Å². The average Bonchev–Trinajstić information content (AvgIpc) is 2.93.